The molecular formula is C19H7N3. The van der Waals surface area contributed by atoms with Crippen LogP contribution in [0, 0.1) is 34.0 Å². The van der Waals surface area contributed by atoms with Gasteiger partial charge >= 0.3 is 0 Å². The van der Waals surface area contributed by atoms with Crippen molar-refractivity contribution < 1.29 is 0 Å². The summed E-state index contributed by atoms with van der Waals surface area (Å²) in [5.74, 6) is 0. The second kappa shape index (κ2) is 4.19. The number of hydrogen-bond acceptors (Lipinski definition) is 3. The lowest BCUT2D eigenvalue weighted by Crippen LogP contribution is -1.96. The van der Waals surface area contributed by atoms with Gasteiger partial charge < -0.3 is 0 Å². The summed E-state index contributed by atoms with van der Waals surface area (Å²) in [5, 5.41) is 33.9. The summed E-state index contributed by atoms with van der Waals surface area (Å²) in [6, 6.07) is 19.9. The maximum Gasteiger partial charge on any atom is 0.102 e. The van der Waals surface area contributed by atoms with E-state index in [2.05, 4.69) is 12.1 Å². The van der Waals surface area contributed by atoms with E-state index >= 15 is 0 Å². The third-order valence-electron chi connectivity index (χ3n) is 4.15. The van der Waals surface area contributed by atoms with Gasteiger partial charge in [0.25, 0.3) is 0 Å². The van der Waals surface area contributed by atoms with Crippen LogP contribution in [-0.2, 0) is 0 Å². The Morgan fingerprint density at radius 2 is 1.05 bits per heavy atom. The topological polar surface area (TPSA) is 71.4 Å². The zero-order valence-electron chi connectivity index (χ0n) is 11.4. The van der Waals surface area contributed by atoms with Crippen LogP contribution >= 0.6 is 0 Å². The quantitative estimate of drug-likeness (QED) is 0.452. The molecule has 3 heteroatoms. The molecule has 0 atom stereocenters. The third kappa shape index (κ3) is 1.31. The van der Waals surface area contributed by atoms with Crippen molar-refractivity contribution in [1.29, 1.82) is 15.8 Å². The van der Waals surface area contributed by atoms with Crippen LogP contribution in [0.2, 0.25) is 0 Å². The minimum atomic E-state index is 0.163. The molecule has 4 rings (SSSR count). The van der Waals surface area contributed by atoms with E-state index in [9.17, 15) is 15.8 Å². The molecule has 0 heterocycles. The molecule has 22 heavy (non-hydrogen) atoms. The molecule has 0 aliphatic rings. The first-order valence-corrected chi connectivity index (χ1v) is 6.74. The van der Waals surface area contributed by atoms with Gasteiger partial charge in [0.2, 0.25) is 0 Å². The maximum absolute atomic E-state index is 9.49. The second-order valence-corrected chi connectivity index (χ2v) is 5.14. The Morgan fingerprint density at radius 3 is 1.50 bits per heavy atom. The molecule has 0 bridgehead atoms. The largest absolute Gasteiger partial charge is 0.192 e. The van der Waals surface area contributed by atoms with Gasteiger partial charge in [-0.2, -0.15) is 15.8 Å². The number of rotatable bonds is 0. The molecule has 98 valence electrons. The predicted octanol–water partition coefficient (Wildman–Crippen LogP) is 4.20. The van der Waals surface area contributed by atoms with E-state index in [4.69, 9.17) is 0 Å². The Labute approximate surface area is 126 Å². The van der Waals surface area contributed by atoms with Crippen LogP contribution in [-0.4, -0.2) is 0 Å². The Morgan fingerprint density at radius 1 is 0.545 bits per heavy atom. The summed E-state index contributed by atoms with van der Waals surface area (Å²) in [6.07, 6.45) is 0. The predicted molar refractivity (Wildman–Crippen MR) is 84.3 cm³/mol. The standard InChI is InChI=1S/C19H7N3/c20-8-15-13-6-4-11-2-1-3-12-5-7-14(19(13)18(11)12)16(9-21)17(15)10-22/h1-7H. The highest BCUT2D eigenvalue weighted by Crippen LogP contribution is 2.39. The van der Waals surface area contributed by atoms with Crippen LogP contribution in [0.4, 0.5) is 0 Å². The van der Waals surface area contributed by atoms with E-state index in [1.807, 2.05) is 48.5 Å². The van der Waals surface area contributed by atoms with Crippen molar-refractivity contribution in [3.05, 3.63) is 59.2 Å². The molecule has 3 nitrogen and oxygen atoms in total. The van der Waals surface area contributed by atoms with Gasteiger partial charge in [0.05, 0.1) is 16.7 Å². The van der Waals surface area contributed by atoms with E-state index in [0.29, 0.717) is 0 Å². The van der Waals surface area contributed by atoms with Crippen molar-refractivity contribution in [3.63, 3.8) is 0 Å². The maximum atomic E-state index is 9.49. The number of nitrogens with zero attached hydrogens (tertiary/aromatic N) is 3. The fourth-order valence-corrected chi connectivity index (χ4v) is 3.24. The average molecular weight is 277 g/mol. The van der Waals surface area contributed by atoms with E-state index in [1.54, 1.807) is 0 Å². The summed E-state index contributed by atoms with van der Waals surface area (Å²) in [6.45, 7) is 0. The summed E-state index contributed by atoms with van der Waals surface area (Å²) in [5.41, 5.74) is 0.727. The van der Waals surface area contributed by atoms with Crippen LogP contribution in [0.25, 0.3) is 32.3 Å². The first-order valence-electron chi connectivity index (χ1n) is 6.74. The molecule has 0 saturated heterocycles. The third-order valence-corrected chi connectivity index (χ3v) is 4.15. The van der Waals surface area contributed by atoms with Crippen molar-refractivity contribution in [1.82, 2.24) is 0 Å². The van der Waals surface area contributed by atoms with Crippen molar-refractivity contribution in [2.45, 2.75) is 0 Å². The lowest BCUT2D eigenvalue weighted by atomic mass is 9.87. The molecule has 0 unspecified atom stereocenters. The van der Waals surface area contributed by atoms with Gasteiger partial charge in [0.1, 0.15) is 18.2 Å². The van der Waals surface area contributed by atoms with Crippen molar-refractivity contribution >= 4 is 32.3 Å². The summed E-state index contributed by atoms with van der Waals surface area (Å²) >= 11 is 0. The molecule has 0 amide bonds. The zero-order valence-corrected chi connectivity index (χ0v) is 11.4. The van der Waals surface area contributed by atoms with Gasteiger partial charge in [-0.3, -0.25) is 0 Å². The SMILES string of the molecule is N#Cc1c(C#N)c2ccc3cccc4ccc(c1C#N)c2c34. The lowest BCUT2D eigenvalue weighted by Gasteiger charge is -2.13. The highest BCUT2D eigenvalue weighted by atomic mass is 14.3. The Balaban J connectivity index is 2.48. The molecule has 4 aromatic rings. The highest BCUT2D eigenvalue weighted by molar-refractivity contribution is 6.25. The molecule has 0 spiro atoms. The molecule has 0 aromatic heterocycles. The van der Waals surface area contributed by atoms with Crippen molar-refractivity contribution in [3.8, 4) is 18.2 Å². The van der Waals surface area contributed by atoms with Crippen LogP contribution in [0.5, 0.6) is 0 Å². The summed E-state index contributed by atoms with van der Waals surface area (Å²) in [4.78, 5) is 0. The smallest absolute Gasteiger partial charge is 0.102 e. The molecule has 0 radical (unpaired) electrons. The van der Waals surface area contributed by atoms with Crippen LogP contribution in [0.1, 0.15) is 16.7 Å². The molecular weight excluding hydrogens is 270 g/mol. The monoisotopic (exact) mass is 277 g/mol. The molecule has 0 fully saturated rings. The molecule has 0 N–H and O–H groups in total. The number of nitriles is 3. The highest BCUT2D eigenvalue weighted by Gasteiger charge is 2.19. The van der Waals surface area contributed by atoms with Gasteiger partial charge in [-0.05, 0) is 16.2 Å². The van der Waals surface area contributed by atoms with E-state index in [-0.39, 0.29) is 16.7 Å². The van der Waals surface area contributed by atoms with Gasteiger partial charge in [0.15, 0.2) is 0 Å². The van der Waals surface area contributed by atoms with E-state index in [1.165, 1.54) is 0 Å². The fourth-order valence-electron chi connectivity index (χ4n) is 3.24. The summed E-state index contributed by atoms with van der Waals surface area (Å²) < 4.78 is 0. The Kier molecular flexibility index (Phi) is 2.32. The molecule has 0 saturated carbocycles. The Hall–Kier alpha value is -3.61. The van der Waals surface area contributed by atoms with Crippen LogP contribution in [0.3, 0.4) is 0 Å². The second-order valence-electron chi connectivity index (χ2n) is 5.14. The Bertz CT molecular complexity index is 1120. The summed E-state index contributed by atoms with van der Waals surface area (Å²) in [7, 11) is 0. The normalized spacial score (nSPS) is 10.6. The van der Waals surface area contributed by atoms with Crippen LogP contribution < -0.4 is 0 Å². The van der Waals surface area contributed by atoms with Gasteiger partial charge in [-0.1, -0.05) is 42.5 Å². The van der Waals surface area contributed by atoms with E-state index < -0.39 is 0 Å². The van der Waals surface area contributed by atoms with Gasteiger partial charge in [-0.25, -0.2) is 0 Å². The number of hydrogen-bond donors (Lipinski definition) is 0. The minimum absolute atomic E-state index is 0.163. The van der Waals surface area contributed by atoms with Crippen molar-refractivity contribution in [2.24, 2.45) is 0 Å². The average Bonchev–Trinajstić information content (AvgIpc) is 2.58. The number of benzene rings is 4. The first-order chi connectivity index (χ1) is 10.8. The molecule has 0 aliphatic heterocycles. The zero-order chi connectivity index (χ0) is 15.3. The lowest BCUT2D eigenvalue weighted by molar-refractivity contribution is 1.43. The molecule has 0 aliphatic carbocycles. The van der Waals surface area contributed by atoms with Gasteiger partial charge in [-0.15, -0.1) is 0 Å². The first kappa shape index (κ1) is 12.2. The van der Waals surface area contributed by atoms with Crippen molar-refractivity contribution in [2.75, 3.05) is 0 Å². The fraction of sp³-hybridized carbons (Fsp3) is 0. The van der Waals surface area contributed by atoms with Crippen LogP contribution in [0.15, 0.2) is 42.5 Å². The minimum Gasteiger partial charge on any atom is -0.192 e. The van der Waals surface area contributed by atoms with Gasteiger partial charge in [0, 0.05) is 16.2 Å². The molecule has 4 aromatic carbocycles. The van der Waals surface area contributed by atoms with E-state index in [0.717, 1.165) is 32.3 Å².